The average Bonchev–Trinajstić information content (AvgIpc) is 2.93. The molecule has 112 valence electrons. The van der Waals surface area contributed by atoms with Crippen LogP contribution >= 0.6 is 12.2 Å². The Balaban J connectivity index is 2.16. The van der Waals surface area contributed by atoms with Gasteiger partial charge in [-0.05, 0) is 32.0 Å². The van der Waals surface area contributed by atoms with Crippen molar-refractivity contribution in [1.29, 1.82) is 0 Å². The van der Waals surface area contributed by atoms with Gasteiger partial charge in [0.05, 0.1) is 7.11 Å². The summed E-state index contributed by atoms with van der Waals surface area (Å²) < 4.78 is 12.9. The van der Waals surface area contributed by atoms with E-state index in [0.29, 0.717) is 23.1 Å². The second-order valence-corrected chi connectivity index (χ2v) is 5.17. The van der Waals surface area contributed by atoms with Gasteiger partial charge in [-0.25, -0.2) is 9.67 Å². The van der Waals surface area contributed by atoms with Crippen molar-refractivity contribution in [3.8, 4) is 11.5 Å². The molecule has 0 spiro atoms. The molecule has 2 N–H and O–H groups in total. The van der Waals surface area contributed by atoms with Crippen molar-refractivity contribution in [3.05, 3.63) is 35.9 Å². The van der Waals surface area contributed by atoms with Crippen LogP contribution < -0.4 is 15.2 Å². The number of methoxy groups -OCH3 is 1. The fraction of sp³-hybridized carbons (Fsp3) is 0.357. The van der Waals surface area contributed by atoms with Crippen LogP contribution in [0.25, 0.3) is 0 Å². The first-order valence-corrected chi connectivity index (χ1v) is 6.92. The first kappa shape index (κ1) is 15.2. The summed E-state index contributed by atoms with van der Waals surface area (Å²) in [5.74, 6) is 1.94. The highest BCUT2D eigenvalue weighted by molar-refractivity contribution is 7.80. The van der Waals surface area contributed by atoms with Crippen LogP contribution in [-0.2, 0) is 6.61 Å². The molecule has 2 rings (SSSR count). The van der Waals surface area contributed by atoms with Crippen molar-refractivity contribution in [2.24, 2.45) is 5.73 Å². The monoisotopic (exact) mass is 306 g/mol. The van der Waals surface area contributed by atoms with E-state index in [9.17, 15) is 0 Å². The highest BCUT2D eigenvalue weighted by atomic mass is 32.1. The molecule has 1 aromatic heterocycles. The van der Waals surface area contributed by atoms with Crippen LogP contribution in [0.2, 0.25) is 0 Å². The lowest BCUT2D eigenvalue weighted by molar-refractivity contribution is 0.266. The molecule has 0 saturated heterocycles. The SMILES string of the molecule is COc1cc(C(N)=S)ccc1OCc1ncnn1C(C)C. The molecule has 0 atom stereocenters. The summed E-state index contributed by atoms with van der Waals surface area (Å²) >= 11 is 4.95. The molecule has 7 heteroatoms. The number of nitrogens with zero attached hydrogens (tertiary/aromatic N) is 3. The van der Waals surface area contributed by atoms with Gasteiger partial charge in [-0.1, -0.05) is 12.2 Å². The Labute approximate surface area is 128 Å². The zero-order valence-electron chi connectivity index (χ0n) is 12.2. The average molecular weight is 306 g/mol. The van der Waals surface area contributed by atoms with Crippen LogP contribution in [0.3, 0.4) is 0 Å². The van der Waals surface area contributed by atoms with Gasteiger partial charge >= 0.3 is 0 Å². The fourth-order valence-electron chi connectivity index (χ4n) is 1.89. The largest absolute Gasteiger partial charge is 0.493 e. The molecule has 6 nitrogen and oxygen atoms in total. The number of nitrogens with two attached hydrogens (primary N) is 1. The number of benzene rings is 1. The van der Waals surface area contributed by atoms with E-state index < -0.39 is 0 Å². The Morgan fingerprint density at radius 1 is 1.38 bits per heavy atom. The van der Waals surface area contributed by atoms with Gasteiger partial charge in [0.25, 0.3) is 0 Å². The van der Waals surface area contributed by atoms with Gasteiger partial charge < -0.3 is 15.2 Å². The zero-order chi connectivity index (χ0) is 15.4. The first-order chi connectivity index (χ1) is 10.0. The molecule has 0 aliphatic rings. The van der Waals surface area contributed by atoms with E-state index in [1.54, 1.807) is 25.3 Å². The third-order valence-corrected chi connectivity index (χ3v) is 3.18. The number of hydrogen-bond acceptors (Lipinski definition) is 5. The summed E-state index contributed by atoms with van der Waals surface area (Å²) in [5.41, 5.74) is 6.34. The third kappa shape index (κ3) is 3.49. The highest BCUT2D eigenvalue weighted by Gasteiger charge is 2.11. The Bertz CT molecular complexity index is 640. The summed E-state index contributed by atoms with van der Waals surface area (Å²) in [6.45, 7) is 4.38. The molecule has 0 aliphatic heterocycles. The molecular weight excluding hydrogens is 288 g/mol. The van der Waals surface area contributed by atoms with Gasteiger partial charge in [0.15, 0.2) is 17.3 Å². The van der Waals surface area contributed by atoms with Gasteiger partial charge in [0, 0.05) is 11.6 Å². The molecule has 1 aromatic carbocycles. The number of aromatic nitrogens is 3. The highest BCUT2D eigenvalue weighted by Crippen LogP contribution is 2.28. The normalized spacial score (nSPS) is 10.7. The first-order valence-electron chi connectivity index (χ1n) is 6.52. The molecular formula is C14H18N4O2S. The van der Waals surface area contributed by atoms with E-state index >= 15 is 0 Å². The molecule has 0 bridgehead atoms. The lowest BCUT2D eigenvalue weighted by atomic mass is 10.2. The lowest BCUT2D eigenvalue weighted by Crippen LogP contribution is -2.12. The van der Waals surface area contributed by atoms with Crippen LogP contribution in [0, 0.1) is 0 Å². The van der Waals surface area contributed by atoms with Gasteiger partial charge in [0.2, 0.25) is 0 Å². The summed E-state index contributed by atoms with van der Waals surface area (Å²) in [6, 6.07) is 5.56. The fourth-order valence-corrected chi connectivity index (χ4v) is 2.02. The van der Waals surface area contributed by atoms with E-state index in [-0.39, 0.29) is 6.04 Å². The molecule has 21 heavy (non-hydrogen) atoms. The summed E-state index contributed by atoms with van der Waals surface area (Å²) in [6.07, 6.45) is 1.52. The van der Waals surface area contributed by atoms with Crippen LogP contribution in [-0.4, -0.2) is 26.9 Å². The molecule has 0 fully saturated rings. The Kier molecular flexibility index (Phi) is 4.74. The maximum atomic E-state index is 5.77. The number of ether oxygens (including phenoxy) is 2. The van der Waals surface area contributed by atoms with E-state index in [2.05, 4.69) is 10.1 Å². The van der Waals surface area contributed by atoms with Crippen LogP contribution in [0.5, 0.6) is 11.5 Å². The Hall–Kier alpha value is -2.15. The van der Waals surface area contributed by atoms with E-state index in [1.165, 1.54) is 6.33 Å². The Morgan fingerprint density at radius 3 is 2.76 bits per heavy atom. The summed E-state index contributed by atoms with van der Waals surface area (Å²) in [4.78, 5) is 4.52. The number of thiocarbonyl (C=S) groups is 1. The molecule has 2 aromatic rings. The maximum absolute atomic E-state index is 5.77. The molecule has 0 unspecified atom stereocenters. The van der Waals surface area contributed by atoms with Crippen molar-refractivity contribution in [2.45, 2.75) is 26.5 Å². The molecule has 0 amide bonds. The number of rotatable bonds is 6. The van der Waals surface area contributed by atoms with Crippen LogP contribution in [0.15, 0.2) is 24.5 Å². The van der Waals surface area contributed by atoms with Crippen molar-refractivity contribution >= 4 is 17.2 Å². The van der Waals surface area contributed by atoms with Crippen molar-refractivity contribution < 1.29 is 9.47 Å². The van der Waals surface area contributed by atoms with E-state index in [4.69, 9.17) is 27.4 Å². The second kappa shape index (κ2) is 6.53. The molecule has 1 heterocycles. The summed E-state index contributed by atoms with van der Waals surface area (Å²) in [7, 11) is 1.57. The van der Waals surface area contributed by atoms with Gasteiger partial charge in [-0.2, -0.15) is 5.10 Å². The van der Waals surface area contributed by atoms with Crippen molar-refractivity contribution in [1.82, 2.24) is 14.8 Å². The smallest absolute Gasteiger partial charge is 0.165 e. The van der Waals surface area contributed by atoms with Gasteiger partial charge in [-0.3, -0.25) is 0 Å². The minimum absolute atomic E-state index is 0.227. The van der Waals surface area contributed by atoms with Crippen LogP contribution in [0.1, 0.15) is 31.3 Å². The summed E-state index contributed by atoms with van der Waals surface area (Å²) in [5, 5.41) is 4.17. The van der Waals surface area contributed by atoms with Crippen molar-refractivity contribution in [3.63, 3.8) is 0 Å². The maximum Gasteiger partial charge on any atom is 0.165 e. The number of hydrogen-bond donors (Lipinski definition) is 1. The Morgan fingerprint density at radius 2 is 2.14 bits per heavy atom. The molecule has 0 radical (unpaired) electrons. The predicted molar refractivity (Wildman–Crippen MR) is 83.6 cm³/mol. The molecule has 0 aliphatic carbocycles. The van der Waals surface area contributed by atoms with Gasteiger partial charge in [0.1, 0.15) is 17.9 Å². The van der Waals surface area contributed by atoms with E-state index in [1.807, 2.05) is 18.5 Å². The lowest BCUT2D eigenvalue weighted by Gasteiger charge is -2.13. The minimum atomic E-state index is 0.227. The van der Waals surface area contributed by atoms with Crippen molar-refractivity contribution in [2.75, 3.05) is 7.11 Å². The molecule has 0 saturated carbocycles. The van der Waals surface area contributed by atoms with E-state index in [0.717, 1.165) is 11.4 Å². The predicted octanol–water partition coefficient (Wildman–Crippen LogP) is 2.08. The van der Waals surface area contributed by atoms with Crippen LogP contribution in [0.4, 0.5) is 0 Å². The second-order valence-electron chi connectivity index (χ2n) is 4.73. The topological polar surface area (TPSA) is 75.2 Å². The standard InChI is InChI=1S/C14H18N4O2S/c1-9(2)18-13(16-8-17-18)7-20-11-5-4-10(14(15)21)6-12(11)19-3/h4-6,8-9H,7H2,1-3H3,(H2,15,21). The minimum Gasteiger partial charge on any atom is -0.493 e. The quantitative estimate of drug-likeness (QED) is 0.824. The van der Waals surface area contributed by atoms with Gasteiger partial charge in [-0.15, -0.1) is 0 Å². The zero-order valence-corrected chi connectivity index (χ0v) is 13.1. The third-order valence-electron chi connectivity index (χ3n) is 2.94.